The van der Waals surface area contributed by atoms with Crippen LogP contribution in [0.1, 0.15) is 17.0 Å². The van der Waals surface area contributed by atoms with Crippen molar-refractivity contribution in [1.29, 1.82) is 0 Å². The van der Waals surface area contributed by atoms with Crippen molar-refractivity contribution in [1.82, 2.24) is 30.5 Å². The Labute approximate surface area is 170 Å². The molecule has 0 amide bonds. The van der Waals surface area contributed by atoms with Crippen LogP contribution in [0.25, 0.3) is 11.4 Å². The molecule has 0 bridgehead atoms. The zero-order valence-corrected chi connectivity index (χ0v) is 16.7. The molecular formula is C18H23Cl2N7. The van der Waals surface area contributed by atoms with Crippen molar-refractivity contribution in [3.8, 4) is 11.4 Å². The van der Waals surface area contributed by atoms with Crippen LogP contribution >= 0.6 is 24.8 Å². The van der Waals surface area contributed by atoms with Crippen molar-refractivity contribution in [2.75, 3.05) is 25.0 Å². The fourth-order valence-electron chi connectivity index (χ4n) is 3.17. The van der Waals surface area contributed by atoms with Crippen molar-refractivity contribution in [2.45, 2.75) is 19.4 Å². The number of hydrogen-bond donors (Lipinski definition) is 2. The lowest BCUT2D eigenvalue weighted by Gasteiger charge is -2.22. The van der Waals surface area contributed by atoms with Crippen LogP contribution in [-0.4, -0.2) is 45.3 Å². The number of halogens is 2. The van der Waals surface area contributed by atoms with Crippen LogP contribution in [0.4, 0.5) is 5.82 Å². The largest absolute Gasteiger partial charge is 0.353 e. The predicted molar refractivity (Wildman–Crippen MR) is 111 cm³/mol. The fraction of sp³-hybridized carbons (Fsp3) is 0.333. The molecule has 2 N–H and O–H groups in total. The van der Waals surface area contributed by atoms with Crippen molar-refractivity contribution in [2.24, 2.45) is 0 Å². The van der Waals surface area contributed by atoms with Crippen LogP contribution < -0.4 is 10.2 Å². The van der Waals surface area contributed by atoms with Gasteiger partial charge in [-0.1, -0.05) is 0 Å². The van der Waals surface area contributed by atoms with Crippen LogP contribution in [0.5, 0.6) is 0 Å². The number of anilines is 1. The van der Waals surface area contributed by atoms with Gasteiger partial charge in [0.1, 0.15) is 5.82 Å². The molecule has 0 fully saturated rings. The molecule has 27 heavy (non-hydrogen) atoms. The maximum Gasteiger partial charge on any atom is 0.163 e. The van der Waals surface area contributed by atoms with Gasteiger partial charge in [-0.2, -0.15) is 5.10 Å². The maximum absolute atomic E-state index is 4.89. The molecule has 3 aromatic rings. The molecule has 7 nitrogen and oxygen atoms in total. The third kappa shape index (κ3) is 4.74. The first-order chi connectivity index (χ1) is 12.3. The second kappa shape index (κ2) is 9.64. The number of H-pyrrole nitrogens is 1. The second-order valence-electron chi connectivity index (χ2n) is 6.23. The Balaban J connectivity index is 0.00000131. The van der Waals surface area contributed by atoms with E-state index in [0.717, 1.165) is 61.1 Å². The Morgan fingerprint density at radius 3 is 2.67 bits per heavy atom. The normalized spacial score (nSPS) is 12.9. The van der Waals surface area contributed by atoms with Gasteiger partial charge in [0.05, 0.1) is 17.9 Å². The zero-order valence-electron chi connectivity index (χ0n) is 15.1. The monoisotopic (exact) mass is 407 g/mol. The van der Waals surface area contributed by atoms with Crippen LogP contribution in [0, 0.1) is 0 Å². The van der Waals surface area contributed by atoms with E-state index in [2.05, 4.69) is 32.4 Å². The number of rotatable bonds is 4. The number of fused-ring (bicyclic) bond motifs is 1. The van der Waals surface area contributed by atoms with Gasteiger partial charge in [0.15, 0.2) is 5.82 Å². The predicted octanol–water partition coefficient (Wildman–Crippen LogP) is 2.43. The Bertz CT molecular complexity index is 840. The smallest absolute Gasteiger partial charge is 0.163 e. The molecule has 4 heterocycles. The lowest BCUT2D eigenvalue weighted by Crippen LogP contribution is -2.22. The highest BCUT2D eigenvalue weighted by Gasteiger charge is 2.20. The minimum absolute atomic E-state index is 0. The standard InChI is InChI=1S/C18H21N7.2ClH/c1-25(12-14-4-10-21-24-14)18-15-5-8-19-9-6-16(15)22-17(23-18)13-3-2-7-20-11-13;;/h2-4,7,10-11,19H,5-6,8-9,12H2,1H3,(H,21,24);2*1H. The number of aromatic nitrogens is 5. The summed E-state index contributed by atoms with van der Waals surface area (Å²) in [6, 6.07) is 5.90. The number of pyridine rings is 1. The van der Waals surface area contributed by atoms with Crippen LogP contribution in [0.3, 0.4) is 0 Å². The molecular weight excluding hydrogens is 385 g/mol. The highest BCUT2D eigenvalue weighted by molar-refractivity contribution is 5.85. The minimum Gasteiger partial charge on any atom is -0.353 e. The second-order valence-corrected chi connectivity index (χ2v) is 6.23. The zero-order chi connectivity index (χ0) is 17.1. The van der Waals surface area contributed by atoms with E-state index in [0.29, 0.717) is 0 Å². The van der Waals surface area contributed by atoms with Crippen molar-refractivity contribution < 1.29 is 0 Å². The fourth-order valence-corrected chi connectivity index (χ4v) is 3.17. The Morgan fingerprint density at radius 1 is 1.07 bits per heavy atom. The summed E-state index contributed by atoms with van der Waals surface area (Å²) < 4.78 is 0. The van der Waals surface area contributed by atoms with Crippen LogP contribution in [0.15, 0.2) is 36.8 Å². The van der Waals surface area contributed by atoms with E-state index in [9.17, 15) is 0 Å². The van der Waals surface area contributed by atoms with Crippen molar-refractivity contribution in [3.63, 3.8) is 0 Å². The van der Waals surface area contributed by atoms with Gasteiger partial charge in [-0.15, -0.1) is 24.8 Å². The Morgan fingerprint density at radius 2 is 1.93 bits per heavy atom. The molecule has 1 aliphatic rings. The van der Waals surface area contributed by atoms with Gasteiger partial charge in [0.25, 0.3) is 0 Å². The molecule has 0 unspecified atom stereocenters. The Kier molecular flexibility index (Phi) is 7.53. The summed E-state index contributed by atoms with van der Waals surface area (Å²) >= 11 is 0. The van der Waals surface area contributed by atoms with Crippen molar-refractivity contribution >= 4 is 30.6 Å². The summed E-state index contributed by atoms with van der Waals surface area (Å²) in [6.45, 7) is 2.62. The number of hydrogen-bond acceptors (Lipinski definition) is 6. The molecule has 0 saturated heterocycles. The van der Waals surface area contributed by atoms with Gasteiger partial charge in [0, 0.05) is 49.7 Å². The van der Waals surface area contributed by atoms with Gasteiger partial charge in [0.2, 0.25) is 0 Å². The van der Waals surface area contributed by atoms with E-state index in [4.69, 9.17) is 9.97 Å². The number of nitrogens with zero attached hydrogens (tertiary/aromatic N) is 5. The lowest BCUT2D eigenvalue weighted by molar-refractivity contribution is 0.708. The minimum atomic E-state index is 0. The molecule has 0 aliphatic carbocycles. The molecule has 4 rings (SSSR count). The van der Waals surface area contributed by atoms with Crippen molar-refractivity contribution in [3.05, 3.63) is 53.7 Å². The first-order valence-electron chi connectivity index (χ1n) is 8.51. The van der Waals surface area contributed by atoms with E-state index in [1.54, 1.807) is 12.4 Å². The molecule has 0 radical (unpaired) electrons. The van der Waals surface area contributed by atoms with Gasteiger partial charge in [-0.05, 0) is 31.2 Å². The van der Waals surface area contributed by atoms with Crippen LogP contribution in [0.2, 0.25) is 0 Å². The maximum atomic E-state index is 4.89. The van der Waals surface area contributed by atoms with Gasteiger partial charge in [-0.3, -0.25) is 10.1 Å². The van der Waals surface area contributed by atoms with E-state index < -0.39 is 0 Å². The van der Waals surface area contributed by atoms with Gasteiger partial charge in [-0.25, -0.2) is 9.97 Å². The van der Waals surface area contributed by atoms with Gasteiger partial charge < -0.3 is 10.2 Å². The van der Waals surface area contributed by atoms with Gasteiger partial charge >= 0.3 is 0 Å². The molecule has 144 valence electrons. The highest BCUT2D eigenvalue weighted by Crippen LogP contribution is 2.27. The molecule has 3 aromatic heterocycles. The van der Waals surface area contributed by atoms with E-state index in [-0.39, 0.29) is 24.8 Å². The molecule has 0 aromatic carbocycles. The molecule has 0 atom stereocenters. The first kappa shape index (κ1) is 21.1. The van der Waals surface area contributed by atoms with E-state index in [1.165, 1.54) is 5.56 Å². The van der Waals surface area contributed by atoms with Crippen LogP contribution in [-0.2, 0) is 19.4 Å². The highest BCUT2D eigenvalue weighted by atomic mass is 35.5. The molecule has 1 aliphatic heterocycles. The summed E-state index contributed by atoms with van der Waals surface area (Å²) in [4.78, 5) is 16.1. The summed E-state index contributed by atoms with van der Waals surface area (Å²) in [5, 5.41) is 10.5. The quantitative estimate of drug-likeness (QED) is 0.690. The first-order valence-corrected chi connectivity index (χ1v) is 8.51. The summed E-state index contributed by atoms with van der Waals surface area (Å²) in [7, 11) is 2.06. The Hall–Kier alpha value is -2.22. The number of nitrogens with one attached hydrogen (secondary N) is 2. The molecule has 9 heteroatoms. The third-order valence-corrected chi connectivity index (χ3v) is 4.41. The number of aromatic amines is 1. The average molecular weight is 408 g/mol. The summed E-state index contributed by atoms with van der Waals surface area (Å²) in [5.41, 5.74) is 4.37. The molecule has 0 spiro atoms. The lowest BCUT2D eigenvalue weighted by atomic mass is 10.1. The summed E-state index contributed by atoms with van der Waals surface area (Å²) in [6.07, 6.45) is 7.20. The molecule has 0 saturated carbocycles. The topological polar surface area (TPSA) is 82.6 Å². The van der Waals surface area contributed by atoms with E-state index in [1.807, 2.05) is 24.4 Å². The third-order valence-electron chi connectivity index (χ3n) is 4.41. The van der Waals surface area contributed by atoms with E-state index >= 15 is 0 Å². The summed E-state index contributed by atoms with van der Waals surface area (Å²) in [5.74, 6) is 1.72. The average Bonchev–Trinajstić information content (AvgIpc) is 3.04. The SMILES string of the molecule is CN(Cc1ccn[nH]1)c1nc(-c2cccnc2)nc2c1CCNCC2.Cl.Cl.